The summed E-state index contributed by atoms with van der Waals surface area (Å²) < 4.78 is 16.8. The second-order valence-electron chi connectivity index (χ2n) is 14.2. The number of ketones is 1. The predicted octanol–water partition coefficient (Wildman–Crippen LogP) is 4.50. The van der Waals surface area contributed by atoms with Crippen molar-refractivity contribution >= 4 is 23.7 Å². The minimum atomic E-state index is -0.953. The summed E-state index contributed by atoms with van der Waals surface area (Å²) in [5.41, 5.74) is -1.54. The van der Waals surface area contributed by atoms with Crippen molar-refractivity contribution in [2.24, 2.45) is 51.2 Å². The Kier molecular flexibility index (Phi) is 7.81. The van der Waals surface area contributed by atoms with Gasteiger partial charge in [0.15, 0.2) is 0 Å². The number of aliphatic hydroxyl groups is 1. The number of carbonyl (C=O) groups is 4. The van der Waals surface area contributed by atoms with Gasteiger partial charge in [0.2, 0.25) is 0 Å². The molecule has 39 heavy (non-hydrogen) atoms. The molecule has 10 atom stereocenters. The van der Waals surface area contributed by atoms with Gasteiger partial charge in [-0.3, -0.25) is 19.2 Å². The van der Waals surface area contributed by atoms with Gasteiger partial charge in [0.25, 0.3) is 0 Å². The average Bonchev–Trinajstić information content (AvgIpc) is 2.83. The third-order valence-corrected chi connectivity index (χ3v) is 12.0. The maximum Gasteiger partial charge on any atom is 0.310 e. The van der Waals surface area contributed by atoms with E-state index >= 15 is 0 Å². The number of carbonyl (C=O) groups excluding carboxylic acids is 4. The van der Waals surface area contributed by atoms with Crippen molar-refractivity contribution in [2.45, 2.75) is 106 Å². The summed E-state index contributed by atoms with van der Waals surface area (Å²) in [5.74, 6) is -3.31. The zero-order chi connectivity index (χ0) is 29.1. The van der Waals surface area contributed by atoms with Crippen LogP contribution in [-0.4, -0.2) is 54.7 Å². The van der Waals surface area contributed by atoms with Gasteiger partial charge in [-0.25, -0.2) is 0 Å². The van der Waals surface area contributed by atoms with Crippen molar-refractivity contribution in [2.75, 3.05) is 13.7 Å². The SMILES string of the molecule is COC(=O)C1C(C(C)=O)C(OC(C)=O)CC2C3(C)CCC4C(C)(C)CCCC4(COC(C)=O)C3CC(O)C12C. The number of fused-ring (bicyclic) bond motifs is 5. The Morgan fingerprint density at radius 3 is 2.10 bits per heavy atom. The normalized spacial score (nSPS) is 44.6. The summed E-state index contributed by atoms with van der Waals surface area (Å²) in [6.45, 7) is 13.3. The van der Waals surface area contributed by atoms with Crippen LogP contribution in [0.3, 0.4) is 0 Å². The molecule has 0 aliphatic heterocycles. The Hall–Kier alpha value is -1.96. The molecule has 0 spiro atoms. The molecule has 0 amide bonds. The van der Waals surface area contributed by atoms with E-state index in [1.54, 1.807) is 0 Å². The summed E-state index contributed by atoms with van der Waals surface area (Å²) in [6, 6.07) is 0. The minimum Gasteiger partial charge on any atom is -0.469 e. The summed E-state index contributed by atoms with van der Waals surface area (Å²) >= 11 is 0. The number of hydrogen-bond donors (Lipinski definition) is 1. The molecule has 220 valence electrons. The molecule has 0 aromatic rings. The van der Waals surface area contributed by atoms with E-state index in [1.165, 1.54) is 27.9 Å². The van der Waals surface area contributed by atoms with Crippen molar-refractivity contribution < 1.29 is 38.5 Å². The topological polar surface area (TPSA) is 116 Å². The molecule has 4 saturated carbocycles. The molecule has 10 unspecified atom stereocenters. The van der Waals surface area contributed by atoms with Gasteiger partial charge in [-0.05, 0) is 74.0 Å². The highest BCUT2D eigenvalue weighted by Gasteiger charge is 2.72. The molecule has 1 N–H and O–H groups in total. The summed E-state index contributed by atoms with van der Waals surface area (Å²) in [6.07, 6.45) is 4.03. The van der Waals surface area contributed by atoms with Gasteiger partial charge in [-0.15, -0.1) is 0 Å². The lowest BCUT2D eigenvalue weighted by Gasteiger charge is -2.71. The molecule has 0 saturated heterocycles. The maximum atomic E-state index is 13.5. The van der Waals surface area contributed by atoms with E-state index in [2.05, 4.69) is 20.8 Å². The third kappa shape index (κ3) is 4.53. The smallest absolute Gasteiger partial charge is 0.310 e. The quantitative estimate of drug-likeness (QED) is 0.395. The first kappa shape index (κ1) is 30.0. The van der Waals surface area contributed by atoms with Gasteiger partial charge in [0, 0.05) is 24.7 Å². The molecule has 4 aliphatic carbocycles. The van der Waals surface area contributed by atoms with E-state index in [-0.39, 0.29) is 39.8 Å². The largest absolute Gasteiger partial charge is 0.469 e. The Bertz CT molecular complexity index is 1020. The van der Waals surface area contributed by atoms with Crippen molar-refractivity contribution in [1.29, 1.82) is 0 Å². The number of methoxy groups -OCH3 is 1. The molecule has 8 heteroatoms. The fraction of sp³-hybridized carbons (Fsp3) is 0.871. The number of aliphatic hydroxyl groups excluding tert-OH is 1. The van der Waals surface area contributed by atoms with Crippen molar-refractivity contribution in [1.82, 2.24) is 0 Å². The van der Waals surface area contributed by atoms with Crippen LogP contribution >= 0.6 is 0 Å². The lowest BCUT2D eigenvalue weighted by molar-refractivity contribution is -0.272. The van der Waals surface area contributed by atoms with Crippen LogP contribution < -0.4 is 0 Å². The van der Waals surface area contributed by atoms with Crippen molar-refractivity contribution in [3.63, 3.8) is 0 Å². The monoisotopic (exact) mass is 548 g/mol. The standard InChI is InChI=1S/C31H48O8/c1-17(32)25-20(39-19(3)34)14-22-29(6)13-10-21-28(4,5)11-9-12-31(21,16-38-18(2)33)23(29)15-24(35)30(22,7)26(25)27(36)37-8/h20-26,35H,9-16H2,1-8H3. The van der Waals surface area contributed by atoms with Crippen LogP contribution in [0.25, 0.3) is 0 Å². The fourth-order valence-electron chi connectivity index (χ4n) is 10.5. The molecule has 0 bridgehead atoms. The van der Waals surface area contributed by atoms with Crippen molar-refractivity contribution in [3.8, 4) is 0 Å². The highest BCUT2D eigenvalue weighted by Crippen LogP contribution is 2.73. The average molecular weight is 549 g/mol. The Morgan fingerprint density at radius 1 is 0.872 bits per heavy atom. The van der Waals surface area contributed by atoms with E-state index in [0.717, 1.165) is 32.1 Å². The van der Waals surface area contributed by atoms with Crippen LogP contribution in [0.15, 0.2) is 0 Å². The minimum absolute atomic E-state index is 0.0286. The first-order chi connectivity index (χ1) is 18.1. The van der Waals surface area contributed by atoms with E-state index < -0.39 is 41.4 Å². The molecule has 4 aliphatic rings. The van der Waals surface area contributed by atoms with E-state index in [1.807, 2.05) is 6.92 Å². The molecule has 0 radical (unpaired) electrons. The molecular weight excluding hydrogens is 500 g/mol. The van der Waals surface area contributed by atoms with Gasteiger partial charge >= 0.3 is 17.9 Å². The summed E-state index contributed by atoms with van der Waals surface area (Å²) in [5, 5.41) is 12.1. The van der Waals surface area contributed by atoms with Gasteiger partial charge < -0.3 is 19.3 Å². The fourth-order valence-corrected chi connectivity index (χ4v) is 10.5. The Labute approximate surface area is 232 Å². The van der Waals surface area contributed by atoms with Crippen LogP contribution in [0.1, 0.15) is 93.4 Å². The van der Waals surface area contributed by atoms with Crippen LogP contribution in [0.4, 0.5) is 0 Å². The second kappa shape index (κ2) is 10.1. The predicted molar refractivity (Wildman–Crippen MR) is 143 cm³/mol. The molecule has 0 aromatic heterocycles. The Morgan fingerprint density at radius 2 is 1.54 bits per heavy atom. The van der Waals surface area contributed by atoms with Crippen LogP contribution in [0.5, 0.6) is 0 Å². The highest BCUT2D eigenvalue weighted by atomic mass is 16.5. The second-order valence-corrected chi connectivity index (χ2v) is 14.2. The summed E-state index contributed by atoms with van der Waals surface area (Å²) in [4.78, 5) is 50.8. The third-order valence-electron chi connectivity index (χ3n) is 12.0. The number of rotatable bonds is 5. The zero-order valence-corrected chi connectivity index (χ0v) is 25.0. The van der Waals surface area contributed by atoms with E-state index in [0.29, 0.717) is 25.4 Å². The van der Waals surface area contributed by atoms with Crippen LogP contribution in [0.2, 0.25) is 0 Å². The zero-order valence-electron chi connectivity index (χ0n) is 25.0. The first-order valence-electron chi connectivity index (χ1n) is 14.6. The van der Waals surface area contributed by atoms with Crippen LogP contribution in [0, 0.1) is 51.2 Å². The van der Waals surface area contributed by atoms with Crippen LogP contribution in [-0.2, 0) is 33.4 Å². The number of esters is 3. The van der Waals surface area contributed by atoms with Gasteiger partial charge in [-0.2, -0.15) is 0 Å². The number of ether oxygens (including phenoxy) is 3. The number of hydrogen-bond acceptors (Lipinski definition) is 8. The highest BCUT2D eigenvalue weighted by molar-refractivity contribution is 5.87. The number of Topliss-reactive ketones (excluding diaryl/α,β-unsaturated/α-hetero) is 1. The van der Waals surface area contributed by atoms with Gasteiger partial charge in [-0.1, -0.05) is 34.1 Å². The molecule has 4 rings (SSSR count). The summed E-state index contributed by atoms with van der Waals surface area (Å²) in [7, 11) is 1.30. The van der Waals surface area contributed by atoms with Crippen molar-refractivity contribution in [3.05, 3.63) is 0 Å². The molecule has 8 nitrogen and oxygen atoms in total. The lowest BCUT2D eigenvalue weighted by Crippen LogP contribution is -2.71. The maximum absolute atomic E-state index is 13.5. The van der Waals surface area contributed by atoms with E-state index in [9.17, 15) is 24.3 Å². The molecule has 0 aromatic carbocycles. The van der Waals surface area contributed by atoms with E-state index in [4.69, 9.17) is 14.2 Å². The first-order valence-corrected chi connectivity index (χ1v) is 14.6. The van der Waals surface area contributed by atoms with Gasteiger partial charge in [0.05, 0.1) is 31.7 Å². The Balaban J connectivity index is 1.89. The van der Waals surface area contributed by atoms with Gasteiger partial charge in [0.1, 0.15) is 11.9 Å². The molecular formula is C31H48O8. The molecule has 4 fully saturated rings. The molecule has 0 heterocycles. The lowest BCUT2D eigenvalue weighted by atomic mass is 9.33.